The fourth-order valence-corrected chi connectivity index (χ4v) is 2.78. The van der Waals surface area contributed by atoms with Gasteiger partial charge in [0, 0.05) is 6.54 Å². The first-order valence-electron chi connectivity index (χ1n) is 10.4. The number of nitrogens with two attached hydrogens (primary N) is 3. The van der Waals surface area contributed by atoms with Crippen molar-refractivity contribution in [2.24, 2.45) is 5.73 Å². The lowest BCUT2D eigenvalue weighted by atomic mass is 10.1. The molecule has 0 spiro atoms. The van der Waals surface area contributed by atoms with Crippen LogP contribution in [0.15, 0.2) is 24.3 Å². The largest absolute Gasteiger partial charge is 0.491 e. The number of benzene rings is 1. The highest BCUT2D eigenvalue weighted by Gasteiger charge is 2.23. The van der Waals surface area contributed by atoms with Gasteiger partial charge in [0.15, 0.2) is 28.4 Å². The summed E-state index contributed by atoms with van der Waals surface area (Å²) in [5, 5.41) is 25.6. The molecule has 0 aliphatic heterocycles. The fraction of sp³-hybridized carbons (Fsp3) is 0.400. The van der Waals surface area contributed by atoms with Gasteiger partial charge in [-0.3, -0.25) is 19.7 Å². The number of carbonyl (C=O) groups is 1. The van der Waals surface area contributed by atoms with Crippen LogP contribution in [0.4, 0.5) is 11.6 Å². The van der Waals surface area contributed by atoms with Gasteiger partial charge in [-0.1, -0.05) is 23.7 Å². The number of ether oxygens (including phenoxy) is 1. The van der Waals surface area contributed by atoms with Crippen LogP contribution >= 0.6 is 11.6 Å². The van der Waals surface area contributed by atoms with Gasteiger partial charge < -0.3 is 32.2 Å². The number of nitrogens with zero attached hydrogens (tertiary/aromatic N) is 3. The molecule has 0 fully saturated rings. The lowest BCUT2D eigenvalue weighted by Gasteiger charge is -2.20. The van der Waals surface area contributed by atoms with Gasteiger partial charge in [0.05, 0.1) is 12.9 Å². The minimum Gasteiger partial charge on any atom is -0.491 e. The zero-order chi connectivity index (χ0) is 27.5. The predicted octanol–water partition coefficient (Wildman–Crippen LogP) is -0.111. The molecule has 0 aliphatic rings. The zero-order valence-electron chi connectivity index (χ0n) is 19.5. The second-order valence-electron chi connectivity index (χ2n) is 7.46. The Balaban J connectivity index is 0.00000118. The van der Waals surface area contributed by atoms with E-state index in [0.29, 0.717) is 18.4 Å². The number of aryl methyl sites for hydroxylation is 1. The van der Waals surface area contributed by atoms with Crippen LogP contribution in [-0.2, 0) is 16.5 Å². The number of nitrogens with one attached hydrogen (secondary N) is 1. The molecule has 36 heavy (non-hydrogen) atoms. The van der Waals surface area contributed by atoms with E-state index in [-0.39, 0.29) is 42.2 Å². The number of aliphatic hydroxyl groups is 2. The lowest BCUT2D eigenvalue weighted by Crippen LogP contribution is -2.42. The number of anilines is 2. The van der Waals surface area contributed by atoms with Crippen molar-refractivity contribution in [1.29, 1.82) is 5.41 Å². The first kappa shape index (κ1) is 30.8. The van der Waals surface area contributed by atoms with Gasteiger partial charge in [-0.05, 0) is 37.0 Å². The van der Waals surface area contributed by atoms with Gasteiger partial charge in [0.2, 0.25) is 0 Å². The molecular weight excluding hydrogens is 518 g/mol. The Labute approximate surface area is 213 Å². The molecule has 1 amide bonds. The van der Waals surface area contributed by atoms with Gasteiger partial charge >= 0.3 is 0 Å². The molecule has 2 rings (SSSR count). The van der Waals surface area contributed by atoms with Crippen LogP contribution in [0.25, 0.3) is 0 Å². The topological polar surface area (TPSA) is 252 Å². The van der Waals surface area contributed by atoms with E-state index in [4.69, 9.17) is 48.6 Å². The average Bonchev–Trinajstić information content (AvgIpc) is 2.78. The highest BCUT2D eigenvalue weighted by molar-refractivity contribution is 7.85. The van der Waals surface area contributed by atoms with Crippen molar-refractivity contribution >= 4 is 45.2 Å². The zero-order valence-corrected chi connectivity index (χ0v) is 21.0. The molecule has 0 saturated carbocycles. The molecule has 1 unspecified atom stereocenters. The second kappa shape index (κ2) is 14.4. The first-order chi connectivity index (χ1) is 16.7. The normalized spacial score (nSPS) is 11.7. The maximum atomic E-state index is 12.7. The third-order valence-electron chi connectivity index (χ3n) is 4.32. The van der Waals surface area contributed by atoms with Gasteiger partial charge in [-0.25, -0.2) is 9.97 Å². The lowest BCUT2D eigenvalue weighted by molar-refractivity contribution is 0.0536. The van der Waals surface area contributed by atoms with Gasteiger partial charge in [0.25, 0.3) is 16.0 Å². The Kier molecular flexibility index (Phi) is 12.3. The van der Waals surface area contributed by atoms with Crippen LogP contribution in [0, 0.1) is 5.41 Å². The minimum atomic E-state index is -3.67. The summed E-state index contributed by atoms with van der Waals surface area (Å²) in [6.45, 7) is -0.154. The second-order valence-corrected chi connectivity index (χ2v) is 9.28. The molecule has 0 saturated heterocycles. The van der Waals surface area contributed by atoms with Gasteiger partial charge in [0.1, 0.15) is 18.5 Å². The summed E-state index contributed by atoms with van der Waals surface area (Å²) in [4.78, 5) is 21.4. The summed E-state index contributed by atoms with van der Waals surface area (Å²) in [6, 6.07) is 7.33. The summed E-state index contributed by atoms with van der Waals surface area (Å²) in [5.74, 6) is -0.805. The van der Waals surface area contributed by atoms with Crippen molar-refractivity contribution in [2.75, 3.05) is 37.5 Å². The average molecular weight is 548 g/mol. The number of halogens is 1. The number of unbranched alkanes of at least 4 members (excludes halogenated alkanes) is 1. The summed E-state index contributed by atoms with van der Waals surface area (Å²) in [7, 11) is -3.67. The molecule has 0 radical (unpaired) electrons. The molecule has 14 nitrogen and oxygen atoms in total. The van der Waals surface area contributed by atoms with Crippen molar-refractivity contribution in [3.8, 4) is 5.75 Å². The summed E-state index contributed by atoms with van der Waals surface area (Å²) < 4.78 is 31.2. The first-order valence-corrected chi connectivity index (χ1v) is 12.6. The number of amides is 1. The molecular formula is C20H30ClN7O7S. The van der Waals surface area contributed by atoms with Crippen LogP contribution in [0.3, 0.4) is 0 Å². The fourth-order valence-electron chi connectivity index (χ4n) is 2.65. The van der Waals surface area contributed by atoms with E-state index in [0.717, 1.165) is 23.3 Å². The van der Waals surface area contributed by atoms with E-state index < -0.39 is 28.1 Å². The van der Waals surface area contributed by atoms with Crippen molar-refractivity contribution in [3.63, 3.8) is 0 Å². The van der Waals surface area contributed by atoms with Gasteiger partial charge in [-0.2, -0.15) is 8.42 Å². The highest BCUT2D eigenvalue weighted by Crippen LogP contribution is 2.19. The van der Waals surface area contributed by atoms with Crippen LogP contribution in [0.5, 0.6) is 5.75 Å². The Morgan fingerprint density at radius 1 is 1.19 bits per heavy atom. The van der Waals surface area contributed by atoms with Crippen molar-refractivity contribution in [3.05, 3.63) is 40.7 Å². The van der Waals surface area contributed by atoms with E-state index in [1.165, 1.54) is 0 Å². The van der Waals surface area contributed by atoms with Crippen molar-refractivity contribution in [1.82, 2.24) is 14.9 Å². The molecule has 200 valence electrons. The third-order valence-corrected chi connectivity index (χ3v) is 4.60. The van der Waals surface area contributed by atoms with Crippen LogP contribution in [0.2, 0.25) is 5.15 Å². The predicted molar refractivity (Wildman–Crippen MR) is 134 cm³/mol. The maximum absolute atomic E-state index is 12.7. The quantitative estimate of drug-likeness (QED) is 0.0889. The molecule has 16 heteroatoms. The Morgan fingerprint density at radius 2 is 1.78 bits per heavy atom. The Bertz CT molecular complexity index is 1130. The maximum Gasteiger partial charge on any atom is 0.283 e. The van der Waals surface area contributed by atoms with E-state index in [9.17, 15) is 18.3 Å². The number of guanidine groups is 1. The molecule has 10 N–H and O–H groups in total. The third kappa shape index (κ3) is 11.5. The number of aromatic nitrogens is 2. The number of hydrogen-bond acceptors (Lipinski definition) is 11. The highest BCUT2D eigenvalue weighted by atomic mass is 35.5. The number of carbonyl (C=O) groups excluding carboxylic acids is 1. The summed E-state index contributed by atoms with van der Waals surface area (Å²) in [6.07, 6.45) is 1.83. The SMILES string of the molecule is CS(=O)(=O)O.N=C(N)N(CCCCc1ccc(OCC(O)CO)cc1)C(=O)c1nc(Cl)c(N)nc1N. The molecule has 1 heterocycles. The monoisotopic (exact) mass is 547 g/mol. The number of hydrogen-bond donors (Lipinski definition) is 7. The Hall–Kier alpha value is -3.24. The van der Waals surface area contributed by atoms with E-state index >= 15 is 0 Å². The van der Waals surface area contributed by atoms with Crippen LogP contribution < -0.4 is 21.9 Å². The summed E-state index contributed by atoms with van der Waals surface area (Å²) in [5.41, 5.74) is 17.6. The van der Waals surface area contributed by atoms with Crippen LogP contribution in [0.1, 0.15) is 28.9 Å². The summed E-state index contributed by atoms with van der Waals surface area (Å²) >= 11 is 5.82. The molecule has 0 bridgehead atoms. The molecule has 1 aromatic carbocycles. The van der Waals surface area contributed by atoms with Crippen molar-refractivity contribution < 1.29 is 32.7 Å². The number of rotatable bonds is 10. The Morgan fingerprint density at radius 3 is 2.31 bits per heavy atom. The van der Waals surface area contributed by atoms with E-state index in [2.05, 4.69) is 9.97 Å². The van der Waals surface area contributed by atoms with Crippen molar-refractivity contribution in [2.45, 2.75) is 25.4 Å². The smallest absolute Gasteiger partial charge is 0.283 e. The van der Waals surface area contributed by atoms with Gasteiger partial charge in [-0.15, -0.1) is 0 Å². The standard InChI is InChI=1S/C19H26ClN7O4.CH4O3S/c20-15-17(22)26-16(21)14(25-15)18(30)27(19(23)24)8-2-1-3-11-4-6-13(7-5-11)31-10-12(29)9-28;1-5(2,3)4/h4-7,12,28-29H,1-3,8-10H2,(H3,23,24)(H4,21,22,26);1H3,(H,2,3,4). The number of nitrogen functional groups attached to an aromatic ring is 2. The molecule has 1 atom stereocenters. The van der Waals surface area contributed by atoms with Crippen LogP contribution in [-0.4, -0.2) is 82.0 Å². The van der Waals surface area contributed by atoms with E-state index in [1.54, 1.807) is 12.1 Å². The molecule has 0 aliphatic carbocycles. The molecule has 1 aromatic heterocycles. The number of aliphatic hydroxyl groups excluding tert-OH is 2. The molecule has 2 aromatic rings. The minimum absolute atomic E-state index is 0.0128. The van der Waals surface area contributed by atoms with E-state index in [1.807, 2.05) is 12.1 Å².